The molecule has 2 N–H and O–H groups in total. The molecule has 0 aliphatic carbocycles. The fourth-order valence-corrected chi connectivity index (χ4v) is 2.51. The summed E-state index contributed by atoms with van der Waals surface area (Å²) in [5.41, 5.74) is 7.38. The highest BCUT2D eigenvalue weighted by molar-refractivity contribution is 7.85. The standard InChI is InChI=1S/C11H14N2OS/c1-9-5-4-6-10(11(9)13)15(14)8-3-2-7-12/h4-6H,2-3,8,13H2,1H3. The van der Waals surface area contributed by atoms with Crippen molar-refractivity contribution in [1.29, 1.82) is 5.26 Å². The van der Waals surface area contributed by atoms with E-state index >= 15 is 0 Å². The first-order chi connectivity index (χ1) is 7.16. The number of anilines is 1. The normalized spacial score (nSPS) is 12.0. The van der Waals surface area contributed by atoms with E-state index in [2.05, 4.69) is 0 Å². The summed E-state index contributed by atoms with van der Waals surface area (Å²) in [6, 6.07) is 7.56. The first-order valence-corrected chi connectivity index (χ1v) is 6.09. The van der Waals surface area contributed by atoms with E-state index in [0.29, 0.717) is 29.2 Å². The molecule has 0 fully saturated rings. The van der Waals surface area contributed by atoms with Crippen molar-refractivity contribution < 1.29 is 4.21 Å². The van der Waals surface area contributed by atoms with Crippen molar-refractivity contribution in [2.75, 3.05) is 11.5 Å². The van der Waals surface area contributed by atoms with Gasteiger partial charge in [-0.3, -0.25) is 4.21 Å². The highest BCUT2D eigenvalue weighted by Crippen LogP contribution is 2.20. The molecule has 0 aliphatic heterocycles. The molecule has 1 atom stereocenters. The molecule has 80 valence electrons. The second-order valence-corrected chi connectivity index (χ2v) is 4.84. The molecular weight excluding hydrogens is 208 g/mol. The third kappa shape index (κ3) is 3.07. The molecule has 1 aromatic rings. The molecule has 0 saturated heterocycles. The molecule has 0 spiro atoms. The van der Waals surface area contributed by atoms with Crippen LogP contribution in [0.3, 0.4) is 0 Å². The highest BCUT2D eigenvalue weighted by atomic mass is 32.2. The molecule has 0 aromatic heterocycles. The third-order valence-corrected chi connectivity index (χ3v) is 3.65. The number of unbranched alkanes of at least 4 members (excludes halogenated alkanes) is 1. The Morgan fingerprint density at radius 3 is 2.93 bits per heavy atom. The summed E-state index contributed by atoms with van der Waals surface area (Å²) in [7, 11) is -1.08. The summed E-state index contributed by atoms with van der Waals surface area (Å²) in [5, 5.41) is 8.37. The first-order valence-electron chi connectivity index (χ1n) is 4.77. The average Bonchev–Trinajstić information content (AvgIpc) is 2.22. The maximum absolute atomic E-state index is 11.8. The zero-order valence-corrected chi connectivity index (χ0v) is 9.51. The first kappa shape index (κ1) is 11.7. The SMILES string of the molecule is Cc1cccc(S(=O)CCCC#N)c1N. The minimum atomic E-state index is -1.08. The highest BCUT2D eigenvalue weighted by Gasteiger charge is 2.08. The quantitative estimate of drug-likeness (QED) is 0.625. The van der Waals surface area contributed by atoms with Crippen LogP contribution in [0, 0.1) is 18.3 Å². The minimum Gasteiger partial charge on any atom is -0.398 e. The van der Waals surface area contributed by atoms with Crippen molar-refractivity contribution in [3.05, 3.63) is 23.8 Å². The molecule has 0 aliphatic rings. The van der Waals surface area contributed by atoms with Crippen LogP contribution in [-0.4, -0.2) is 9.96 Å². The van der Waals surface area contributed by atoms with E-state index in [-0.39, 0.29) is 0 Å². The molecule has 3 nitrogen and oxygen atoms in total. The smallest absolute Gasteiger partial charge is 0.0622 e. The minimum absolute atomic E-state index is 0.442. The lowest BCUT2D eigenvalue weighted by Gasteiger charge is -2.07. The number of nitrogens with zero attached hydrogens (tertiary/aromatic N) is 1. The Labute approximate surface area is 92.4 Å². The summed E-state index contributed by atoms with van der Waals surface area (Å²) >= 11 is 0. The second-order valence-electron chi connectivity index (χ2n) is 3.30. The van der Waals surface area contributed by atoms with E-state index in [1.165, 1.54) is 0 Å². The van der Waals surface area contributed by atoms with Crippen molar-refractivity contribution in [3.63, 3.8) is 0 Å². The molecule has 1 aromatic carbocycles. The van der Waals surface area contributed by atoms with Crippen LogP contribution in [0.25, 0.3) is 0 Å². The lowest BCUT2D eigenvalue weighted by molar-refractivity contribution is 0.681. The molecule has 15 heavy (non-hydrogen) atoms. The van der Waals surface area contributed by atoms with Crippen LogP contribution in [0.15, 0.2) is 23.1 Å². The molecule has 4 heteroatoms. The van der Waals surface area contributed by atoms with Gasteiger partial charge in [0.25, 0.3) is 0 Å². The number of nitrogens with two attached hydrogens (primary N) is 1. The Hall–Kier alpha value is -1.34. The molecule has 1 rings (SSSR count). The lowest BCUT2D eigenvalue weighted by Crippen LogP contribution is -2.03. The summed E-state index contributed by atoms with van der Waals surface area (Å²) in [5.74, 6) is 0.501. The van der Waals surface area contributed by atoms with Gasteiger partial charge in [0, 0.05) is 12.2 Å². The third-order valence-electron chi connectivity index (χ3n) is 2.15. The van der Waals surface area contributed by atoms with Crippen molar-refractivity contribution >= 4 is 16.5 Å². The molecule has 0 amide bonds. The molecule has 0 heterocycles. The average molecular weight is 222 g/mol. The van der Waals surface area contributed by atoms with Gasteiger partial charge >= 0.3 is 0 Å². The van der Waals surface area contributed by atoms with Crippen LogP contribution in [0.5, 0.6) is 0 Å². The number of rotatable bonds is 4. The van der Waals surface area contributed by atoms with E-state index in [1.54, 1.807) is 6.07 Å². The monoisotopic (exact) mass is 222 g/mol. The predicted molar refractivity (Wildman–Crippen MR) is 61.7 cm³/mol. The Morgan fingerprint density at radius 1 is 1.53 bits per heavy atom. The van der Waals surface area contributed by atoms with Crippen LogP contribution < -0.4 is 5.73 Å². The van der Waals surface area contributed by atoms with Gasteiger partial charge in [0.15, 0.2) is 0 Å². The number of benzene rings is 1. The molecule has 0 bridgehead atoms. The fourth-order valence-electron chi connectivity index (χ4n) is 1.24. The summed E-state index contributed by atoms with van der Waals surface area (Å²) in [4.78, 5) is 0.688. The molecule has 1 unspecified atom stereocenters. The fraction of sp³-hybridized carbons (Fsp3) is 0.364. The summed E-state index contributed by atoms with van der Waals surface area (Å²) < 4.78 is 11.8. The predicted octanol–water partition coefficient (Wildman–Crippen LogP) is 1.99. The van der Waals surface area contributed by atoms with Crippen LogP contribution >= 0.6 is 0 Å². The largest absolute Gasteiger partial charge is 0.398 e. The van der Waals surface area contributed by atoms with Crippen molar-refractivity contribution in [2.45, 2.75) is 24.7 Å². The number of hydrogen-bond acceptors (Lipinski definition) is 3. The zero-order chi connectivity index (χ0) is 11.3. The Morgan fingerprint density at radius 2 is 2.27 bits per heavy atom. The van der Waals surface area contributed by atoms with Crippen molar-refractivity contribution in [2.24, 2.45) is 0 Å². The van der Waals surface area contributed by atoms with E-state index in [4.69, 9.17) is 11.0 Å². The Bertz CT molecular complexity index is 410. The number of nitrogen functional groups attached to an aromatic ring is 1. The van der Waals surface area contributed by atoms with Gasteiger partial charge in [0.05, 0.1) is 27.5 Å². The van der Waals surface area contributed by atoms with Crippen molar-refractivity contribution in [1.82, 2.24) is 0 Å². The van der Waals surface area contributed by atoms with Crippen molar-refractivity contribution in [3.8, 4) is 6.07 Å². The number of para-hydroxylation sites is 1. The zero-order valence-electron chi connectivity index (χ0n) is 8.69. The Balaban J connectivity index is 2.75. The van der Waals surface area contributed by atoms with E-state index in [9.17, 15) is 4.21 Å². The molecule has 0 radical (unpaired) electrons. The Kier molecular flexibility index (Phi) is 4.32. The van der Waals surface area contributed by atoms with Gasteiger partial charge in [-0.25, -0.2) is 0 Å². The van der Waals surface area contributed by atoms with Crippen LogP contribution in [0.2, 0.25) is 0 Å². The van der Waals surface area contributed by atoms with Crippen LogP contribution in [-0.2, 0) is 10.8 Å². The maximum Gasteiger partial charge on any atom is 0.0622 e. The lowest BCUT2D eigenvalue weighted by atomic mass is 10.2. The molecular formula is C11H14N2OS. The van der Waals surface area contributed by atoms with Gasteiger partial charge in [-0.05, 0) is 25.0 Å². The van der Waals surface area contributed by atoms with Gasteiger partial charge in [-0.2, -0.15) is 5.26 Å². The molecule has 0 saturated carbocycles. The van der Waals surface area contributed by atoms with Gasteiger partial charge < -0.3 is 5.73 Å². The maximum atomic E-state index is 11.8. The van der Waals surface area contributed by atoms with Crippen LogP contribution in [0.4, 0.5) is 5.69 Å². The van der Waals surface area contributed by atoms with E-state index in [1.807, 2.05) is 25.1 Å². The summed E-state index contributed by atoms with van der Waals surface area (Å²) in [6.45, 7) is 1.89. The number of nitriles is 1. The van der Waals surface area contributed by atoms with E-state index < -0.39 is 10.8 Å². The van der Waals surface area contributed by atoms with Gasteiger partial charge in [-0.15, -0.1) is 0 Å². The summed E-state index contributed by atoms with van der Waals surface area (Å²) in [6.07, 6.45) is 1.09. The van der Waals surface area contributed by atoms with Crippen LogP contribution in [0.1, 0.15) is 18.4 Å². The van der Waals surface area contributed by atoms with Gasteiger partial charge in [0.1, 0.15) is 0 Å². The number of aryl methyl sites for hydroxylation is 1. The van der Waals surface area contributed by atoms with E-state index in [0.717, 1.165) is 5.56 Å². The van der Waals surface area contributed by atoms with Gasteiger partial charge in [0.2, 0.25) is 0 Å². The second kappa shape index (κ2) is 5.52. The topological polar surface area (TPSA) is 66.9 Å². The number of hydrogen-bond donors (Lipinski definition) is 1. The van der Waals surface area contributed by atoms with Gasteiger partial charge in [-0.1, -0.05) is 12.1 Å².